The molecule has 0 aromatic carbocycles. The Morgan fingerprint density at radius 1 is 1.27 bits per heavy atom. The van der Waals surface area contributed by atoms with E-state index in [0.29, 0.717) is 0 Å². The number of sulfone groups is 1. The molecule has 0 aromatic heterocycles. The molecule has 0 bridgehead atoms. The molecule has 1 heterocycles. The molecule has 1 atom stereocenters. The van der Waals surface area contributed by atoms with Gasteiger partial charge in [0.1, 0.15) is 0 Å². The molecule has 2 fully saturated rings. The van der Waals surface area contributed by atoms with Gasteiger partial charge in [0, 0.05) is 23.3 Å². The first kappa shape index (κ1) is 11.6. The van der Waals surface area contributed by atoms with E-state index >= 15 is 0 Å². The lowest BCUT2D eigenvalue weighted by atomic mass is 10.2. The zero-order valence-electron chi connectivity index (χ0n) is 7.96. The van der Waals surface area contributed by atoms with Gasteiger partial charge in [0.25, 0.3) is 9.24 Å². The van der Waals surface area contributed by atoms with E-state index in [9.17, 15) is 16.8 Å². The number of hydrogen-bond acceptors (Lipinski definition) is 4. The number of rotatable bonds is 2. The van der Waals surface area contributed by atoms with Crippen LogP contribution < -0.4 is 0 Å². The molecule has 0 spiro atoms. The summed E-state index contributed by atoms with van der Waals surface area (Å²) in [6.45, 7) is -0.00463. The lowest BCUT2D eigenvalue weighted by Crippen LogP contribution is -2.50. The van der Waals surface area contributed by atoms with E-state index < -0.39 is 25.1 Å². The quantitative estimate of drug-likeness (QED) is 0.663. The Labute approximate surface area is 93.9 Å². The van der Waals surface area contributed by atoms with E-state index in [1.165, 1.54) is 0 Å². The molecule has 1 aliphatic heterocycles. The number of halogens is 1. The second-order valence-corrected chi connectivity index (χ2v) is 8.76. The molecular formula is C7H12ClNO4S2. The summed E-state index contributed by atoms with van der Waals surface area (Å²) in [5.74, 6) is -0.0280. The lowest BCUT2D eigenvalue weighted by Gasteiger charge is -2.32. The third-order valence-electron chi connectivity index (χ3n) is 2.86. The SMILES string of the molecule is O=S1(=O)CCN(S(=O)(=O)Cl)C(C2CC2)C1. The molecule has 8 heteroatoms. The summed E-state index contributed by atoms with van der Waals surface area (Å²) in [4.78, 5) is 0. The predicted octanol–water partition coefficient (Wildman–Crippen LogP) is -0.0210. The summed E-state index contributed by atoms with van der Waals surface area (Å²) < 4.78 is 46.4. The lowest BCUT2D eigenvalue weighted by molar-refractivity contribution is 0.317. The van der Waals surface area contributed by atoms with Gasteiger partial charge in [-0.05, 0) is 18.8 Å². The Balaban J connectivity index is 2.25. The molecular weight excluding hydrogens is 262 g/mol. The molecule has 0 amide bonds. The van der Waals surface area contributed by atoms with Gasteiger partial charge in [0.2, 0.25) is 0 Å². The van der Waals surface area contributed by atoms with Crippen molar-refractivity contribution in [1.82, 2.24) is 4.31 Å². The highest BCUT2D eigenvalue weighted by molar-refractivity contribution is 8.12. The summed E-state index contributed by atoms with van der Waals surface area (Å²) in [6.07, 6.45) is 1.78. The first-order chi connectivity index (χ1) is 6.80. The Hall–Kier alpha value is 0.150. The number of nitrogens with zero attached hydrogens (tertiary/aromatic N) is 1. The van der Waals surface area contributed by atoms with Gasteiger partial charge in [-0.25, -0.2) is 8.42 Å². The Bertz CT molecular complexity index is 453. The van der Waals surface area contributed by atoms with Crippen molar-refractivity contribution in [3.05, 3.63) is 0 Å². The van der Waals surface area contributed by atoms with E-state index in [1.807, 2.05) is 0 Å². The van der Waals surface area contributed by atoms with Crippen LogP contribution in [0.15, 0.2) is 0 Å². The molecule has 1 saturated heterocycles. The summed E-state index contributed by atoms with van der Waals surface area (Å²) in [5, 5.41) is 0. The highest BCUT2D eigenvalue weighted by Crippen LogP contribution is 2.38. The van der Waals surface area contributed by atoms with E-state index in [4.69, 9.17) is 10.7 Å². The zero-order valence-corrected chi connectivity index (χ0v) is 10.4. The van der Waals surface area contributed by atoms with Gasteiger partial charge in [-0.15, -0.1) is 0 Å². The van der Waals surface area contributed by atoms with E-state index in [0.717, 1.165) is 17.1 Å². The predicted molar refractivity (Wildman–Crippen MR) is 56.6 cm³/mol. The van der Waals surface area contributed by atoms with Crippen LogP contribution in [0.3, 0.4) is 0 Å². The van der Waals surface area contributed by atoms with E-state index in [-0.39, 0.29) is 24.0 Å². The van der Waals surface area contributed by atoms with Crippen LogP contribution in [0, 0.1) is 5.92 Å². The Morgan fingerprint density at radius 3 is 2.33 bits per heavy atom. The molecule has 0 radical (unpaired) electrons. The van der Waals surface area contributed by atoms with Gasteiger partial charge in [0.15, 0.2) is 9.84 Å². The second kappa shape index (κ2) is 3.58. The minimum atomic E-state index is -3.79. The summed E-state index contributed by atoms with van der Waals surface area (Å²) in [6, 6.07) is -0.439. The third kappa shape index (κ3) is 2.64. The van der Waals surface area contributed by atoms with Crippen molar-refractivity contribution < 1.29 is 16.8 Å². The first-order valence-corrected chi connectivity index (χ1v) is 8.80. The summed E-state index contributed by atoms with van der Waals surface area (Å²) >= 11 is 0. The standard InChI is InChI=1S/C7H12ClNO4S2/c8-15(12,13)9-3-4-14(10,11)5-7(9)6-1-2-6/h6-7H,1-5H2. The maximum Gasteiger partial charge on any atom is 0.300 e. The molecule has 2 aliphatic rings. The molecule has 88 valence electrons. The van der Waals surface area contributed by atoms with Crippen molar-refractivity contribution >= 4 is 29.8 Å². The van der Waals surface area contributed by atoms with Gasteiger partial charge in [-0.3, -0.25) is 0 Å². The van der Waals surface area contributed by atoms with Crippen molar-refractivity contribution in [2.75, 3.05) is 18.1 Å². The number of hydrogen-bond donors (Lipinski definition) is 0. The normalized spacial score (nSPS) is 32.7. The fourth-order valence-electron chi connectivity index (χ4n) is 1.94. The molecule has 1 aliphatic carbocycles. The van der Waals surface area contributed by atoms with Gasteiger partial charge < -0.3 is 0 Å². The summed E-state index contributed by atoms with van der Waals surface area (Å²) in [5.41, 5.74) is 0. The van der Waals surface area contributed by atoms with Crippen LogP contribution in [0.1, 0.15) is 12.8 Å². The van der Waals surface area contributed by atoms with Crippen LogP contribution in [0.2, 0.25) is 0 Å². The summed E-state index contributed by atoms with van der Waals surface area (Å²) in [7, 11) is -1.61. The minimum Gasteiger partial charge on any atom is -0.229 e. The fourth-order valence-corrected chi connectivity index (χ4v) is 5.16. The molecule has 5 nitrogen and oxygen atoms in total. The van der Waals surface area contributed by atoms with Crippen LogP contribution in [-0.2, 0) is 19.1 Å². The fraction of sp³-hybridized carbons (Fsp3) is 1.00. The van der Waals surface area contributed by atoms with Crippen LogP contribution in [0.4, 0.5) is 0 Å². The average molecular weight is 274 g/mol. The molecule has 15 heavy (non-hydrogen) atoms. The molecule has 1 unspecified atom stereocenters. The van der Waals surface area contributed by atoms with Crippen molar-refractivity contribution in [3.8, 4) is 0 Å². The maximum absolute atomic E-state index is 11.4. The van der Waals surface area contributed by atoms with Crippen LogP contribution >= 0.6 is 10.7 Å². The van der Waals surface area contributed by atoms with E-state index in [1.54, 1.807) is 0 Å². The first-order valence-electron chi connectivity index (χ1n) is 4.71. The third-order valence-corrected chi connectivity index (χ3v) is 6.06. The molecule has 0 aromatic rings. The highest BCUT2D eigenvalue weighted by Gasteiger charge is 2.45. The van der Waals surface area contributed by atoms with Gasteiger partial charge in [-0.1, -0.05) is 0 Å². The molecule has 0 N–H and O–H groups in total. The maximum atomic E-state index is 11.4. The van der Waals surface area contributed by atoms with Crippen molar-refractivity contribution in [3.63, 3.8) is 0 Å². The molecule has 2 rings (SSSR count). The average Bonchev–Trinajstić information content (AvgIpc) is 2.81. The minimum absolute atomic E-state index is 0.00463. The van der Waals surface area contributed by atoms with Crippen molar-refractivity contribution in [2.24, 2.45) is 5.92 Å². The Kier molecular flexibility index (Phi) is 2.77. The van der Waals surface area contributed by atoms with Crippen molar-refractivity contribution in [1.29, 1.82) is 0 Å². The van der Waals surface area contributed by atoms with E-state index in [2.05, 4.69) is 0 Å². The Morgan fingerprint density at radius 2 is 1.87 bits per heavy atom. The smallest absolute Gasteiger partial charge is 0.229 e. The second-order valence-electron chi connectivity index (χ2n) is 4.07. The largest absolute Gasteiger partial charge is 0.300 e. The zero-order chi connectivity index (χ0) is 11.3. The van der Waals surface area contributed by atoms with Gasteiger partial charge in [0.05, 0.1) is 11.5 Å². The molecule has 1 saturated carbocycles. The van der Waals surface area contributed by atoms with Gasteiger partial charge in [-0.2, -0.15) is 12.7 Å². The topological polar surface area (TPSA) is 71.5 Å². The van der Waals surface area contributed by atoms with Crippen molar-refractivity contribution in [2.45, 2.75) is 18.9 Å². The van der Waals surface area contributed by atoms with Crippen LogP contribution in [-0.4, -0.2) is 45.2 Å². The monoisotopic (exact) mass is 273 g/mol. The van der Waals surface area contributed by atoms with Gasteiger partial charge >= 0.3 is 0 Å². The highest BCUT2D eigenvalue weighted by atomic mass is 35.7. The van der Waals surface area contributed by atoms with Crippen LogP contribution in [0.25, 0.3) is 0 Å². The van der Waals surface area contributed by atoms with Crippen LogP contribution in [0.5, 0.6) is 0 Å².